The van der Waals surface area contributed by atoms with Crippen LogP contribution in [0.2, 0.25) is 0 Å². The van der Waals surface area contributed by atoms with Gasteiger partial charge in [0.1, 0.15) is 0 Å². The summed E-state index contributed by atoms with van der Waals surface area (Å²) < 4.78 is 0. The second kappa shape index (κ2) is 7.56. The molecular formula is C19H28N2S. The molecule has 1 aliphatic carbocycles. The maximum absolute atomic E-state index is 2.55. The summed E-state index contributed by atoms with van der Waals surface area (Å²) in [5.74, 6) is 1.94. The van der Waals surface area contributed by atoms with Gasteiger partial charge in [0.2, 0.25) is 0 Å². The first-order valence-corrected chi connectivity index (χ1v) is 9.72. The lowest BCUT2D eigenvalue weighted by Crippen LogP contribution is -2.37. The summed E-state index contributed by atoms with van der Waals surface area (Å²) in [6.07, 6.45) is 14.3. The number of allylic oxidation sites excluding steroid dienone is 3. The zero-order chi connectivity index (χ0) is 15.4. The molecule has 0 bridgehead atoms. The Morgan fingerprint density at radius 1 is 1.27 bits per heavy atom. The summed E-state index contributed by atoms with van der Waals surface area (Å²) in [5.41, 5.74) is 3.12. The van der Waals surface area contributed by atoms with E-state index < -0.39 is 0 Å². The van der Waals surface area contributed by atoms with Crippen molar-refractivity contribution in [3.63, 3.8) is 0 Å². The fourth-order valence-corrected chi connectivity index (χ4v) is 4.43. The first-order valence-electron chi connectivity index (χ1n) is 8.67. The fraction of sp³-hybridized carbons (Fsp3) is 0.579. The normalized spacial score (nSPS) is 27.1. The van der Waals surface area contributed by atoms with Crippen molar-refractivity contribution >= 4 is 11.8 Å². The average molecular weight is 317 g/mol. The van der Waals surface area contributed by atoms with Gasteiger partial charge < -0.3 is 9.80 Å². The minimum Gasteiger partial charge on any atom is -0.369 e. The molecule has 22 heavy (non-hydrogen) atoms. The minimum atomic E-state index is 0.582. The number of fused-ring (bicyclic) bond motifs is 1. The minimum absolute atomic E-state index is 0.582. The number of likely N-dealkylation sites (N-methyl/N-ethyl adjacent to an activating group) is 1. The maximum Gasteiger partial charge on any atom is 0.0575 e. The molecule has 3 heteroatoms. The second-order valence-electron chi connectivity index (χ2n) is 6.30. The van der Waals surface area contributed by atoms with E-state index in [-0.39, 0.29) is 0 Å². The Bertz CT molecular complexity index is 500. The molecule has 0 N–H and O–H groups in total. The van der Waals surface area contributed by atoms with E-state index in [1.807, 2.05) is 11.8 Å². The van der Waals surface area contributed by atoms with E-state index in [9.17, 15) is 0 Å². The van der Waals surface area contributed by atoms with Gasteiger partial charge in [-0.05, 0) is 54.7 Å². The molecule has 2 atom stereocenters. The predicted molar refractivity (Wildman–Crippen MR) is 97.9 cm³/mol. The first kappa shape index (κ1) is 15.9. The van der Waals surface area contributed by atoms with E-state index in [0.717, 1.165) is 19.6 Å². The van der Waals surface area contributed by atoms with Crippen LogP contribution in [0.25, 0.3) is 0 Å². The maximum atomic E-state index is 2.55. The average Bonchev–Trinajstić information content (AvgIpc) is 2.99. The molecule has 0 amide bonds. The van der Waals surface area contributed by atoms with Gasteiger partial charge in [0.15, 0.2) is 0 Å². The molecular weight excluding hydrogens is 288 g/mol. The number of thioether (sulfide) groups is 1. The second-order valence-corrected chi connectivity index (χ2v) is 7.32. The van der Waals surface area contributed by atoms with Crippen LogP contribution in [0.4, 0.5) is 0 Å². The van der Waals surface area contributed by atoms with Gasteiger partial charge in [-0.1, -0.05) is 37.6 Å². The van der Waals surface area contributed by atoms with E-state index in [1.54, 1.807) is 5.57 Å². The molecule has 2 heterocycles. The molecule has 0 radical (unpaired) electrons. The molecule has 3 aliphatic rings. The zero-order valence-electron chi connectivity index (χ0n) is 13.9. The van der Waals surface area contributed by atoms with E-state index in [2.05, 4.69) is 59.6 Å². The van der Waals surface area contributed by atoms with Crippen LogP contribution in [0, 0.1) is 5.92 Å². The van der Waals surface area contributed by atoms with Crippen molar-refractivity contribution in [1.82, 2.24) is 9.80 Å². The molecule has 0 aromatic carbocycles. The summed E-state index contributed by atoms with van der Waals surface area (Å²) in [5, 5.41) is 2.29. The highest BCUT2D eigenvalue weighted by Gasteiger charge is 2.29. The summed E-state index contributed by atoms with van der Waals surface area (Å²) in [7, 11) is 0. The molecule has 0 aromatic rings. The molecule has 3 rings (SSSR count). The quantitative estimate of drug-likeness (QED) is 0.730. The van der Waals surface area contributed by atoms with Crippen molar-refractivity contribution in [2.45, 2.75) is 32.7 Å². The van der Waals surface area contributed by atoms with Crippen LogP contribution < -0.4 is 0 Å². The van der Waals surface area contributed by atoms with Gasteiger partial charge in [-0.25, -0.2) is 0 Å². The van der Waals surface area contributed by atoms with Crippen LogP contribution in [-0.2, 0) is 0 Å². The number of hydrogen-bond donors (Lipinski definition) is 0. The Balaban J connectivity index is 1.62. The van der Waals surface area contributed by atoms with Gasteiger partial charge in [-0.15, -0.1) is 11.8 Å². The van der Waals surface area contributed by atoms with Gasteiger partial charge in [0.25, 0.3) is 0 Å². The lowest BCUT2D eigenvalue weighted by atomic mass is 9.85. The van der Waals surface area contributed by atoms with E-state index in [0.29, 0.717) is 12.0 Å². The van der Waals surface area contributed by atoms with Crippen molar-refractivity contribution in [2.24, 2.45) is 5.92 Å². The third-order valence-corrected chi connectivity index (χ3v) is 5.98. The van der Waals surface area contributed by atoms with Crippen LogP contribution in [0.1, 0.15) is 26.7 Å². The summed E-state index contributed by atoms with van der Waals surface area (Å²) in [6, 6.07) is 0.582. The smallest absolute Gasteiger partial charge is 0.0575 e. The largest absolute Gasteiger partial charge is 0.369 e. The van der Waals surface area contributed by atoms with Crippen molar-refractivity contribution in [1.29, 1.82) is 0 Å². The number of hydrogen-bond acceptors (Lipinski definition) is 3. The van der Waals surface area contributed by atoms with Crippen LogP contribution in [-0.4, -0.2) is 47.8 Å². The Kier molecular flexibility index (Phi) is 5.48. The summed E-state index contributed by atoms with van der Waals surface area (Å²) >= 11 is 1.95. The van der Waals surface area contributed by atoms with Crippen molar-refractivity contribution in [3.05, 3.63) is 47.1 Å². The molecule has 0 saturated heterocycles. The predicted octanol–water partition coefficient (Wildman–Crippen LogP) is 4.05. The number of nitrogens with zero attached hydrogens (tertiary/aromatic N) is 2. The Hall–Kier alpha value is -0.930. The van der Waals surface area contributed by atoms with Gasteiger partial charge in [-0.2, -0.15) is 0 Å². The lowest BCUT2D eigenvalue weighted by Gasteiger charge is -2.33. The molecule has 2 unspecified atom stereocenters. The molecule has 2 aliphatic heterocycles. The monoisotopic (exact) mass is 316 g/mol. The topological polar surface area (TPSA) is 6.48 Å². The Labute approximate surface area is 139 Å². The molecule has 120 valence electrons. The van der Waals surface area contributed by atoms with Gasteiger partial charge in [0, 0.05) is 19.3 Å². The van der Waals surface area contributed by atoms with Gasteiger partial charge in [0.05, 0.1) is 6.04 Å². The number of rotatable bonds is 6. The SMILES string of the molecule is CCN(CC)CCN1C=CC2=CC=C(C3C=CSCC3)CC21. The van der Waals surface area contributed by atoms with Crippen molar-refractivity contribution in [2.75, 3.05) is 31.9 Å². The zero-order valence-corrected chi connectivity index (χ0v) is 14.7. The highest BCUT2D eigenvalue weighted by atomic mass is 32.2. The third kappa shape index (κ3) is 3.52. The van der Waals surface area contributed by atoms with E-state index in [4.69, 9.17) is 0 Å². The highest BCUT2D eigenvalue weighted by Crippen LogP contribution is 2.36. The lowest BCUT2D eigenvalue weighted by molar-refractivity contribution is 0.237. The standard InChI is InChI=1S/C19H28N2S/c1-3-20(4-2)11-12-21-10-7-17-5-6-18(15-19(17)21)16-8-13-22-14-9-16/h5-8,10,13,16,19H,3-4,9,11-12,14-15H2,1-2H3. The third-order valence-electron chi connectivity index (χ3n) is 5.16. The molecule has 0 spiro atoms. The molecule has 0 aromatic heterocycles. The summed E-state index contributed by atoms with van der Waals surface area (Å²) in [4.78, 5) is 5.06. The van der Waals surface area contributed by atoms with E-state index in [1.165, 1.54) is 30.7 Å². The van der Waals surface area contributed by atoms with Crippen LogP contribution in [0.5, 0.6) is 0 Å². The van der Waals surface area contributed by atoms with Gasteiger partial charge in [-0.3, -0.25) is 0 Å². The fourth-order valence-electron chi connectivity index (χ4n) is 3.61. The first-order chi connectivity index (χ1) is 10.8. The van der Waals surface area contributed by atoms with Gasteiger partial charge >= 0.3 is 0 Å². The van der Waals surface area contributed by atoms with Crippen LogP contribution in [0.3, 0.4) is 0 Å². The molecule has 0 fully saturated rings. The molecule has 2 nitrogen and oxygen atoms in total. The summed E-state index contributed by atoms with van der Waals surface area (Å²) in [6.45, 7) is 9.12. The Morgan fingerprint density at radius 3 is 2.86 bits per heavy atom. The van der Waals surface area contributed by atoms with Crippen molar-refractivity contribution < 1.29 is 0 Å². The van der Waals surface area contributed by atoms with Crippen LogP contribution >= 0.6 is 11.8 Å². The Morgan fingerprint density at radius 2 is 2.14 bits per heavy atom. The van der Waals surface area contributed by atoms with E-state index >= 15 is 0 Å². The molecule has 0 saturated carbocycles. The van der Waals surface area contributed by atoms with Crippen molar-refractivity contribution in [3.8, 4) is 0 Å². The highest BCUT2D eigenvalue weighted by molar-refractivity contribution is 8.02. The van der Waals surface area contributed by atoms with Crippen LogP contribution in [0.15, 0.2) is 47.1 Å².